The van der Waals surface area contributed by atoms with E-state index in [-0.39, 0.29) is 0 Å². The Labute approximate surface area is 77.1 Å². The third-order valence-electron chi connectivity index (χ3n) is 1.70. The number of unbranched alkanes of at least 4 members (excludes halogenated alkanes) is 1. The Bertz CT molecular complexity index is 81.9. The summed E-state index contributed by atoms with van der Waals surface area (Å²) in [6.07, 6.45) is 3.74. The van der Waals surface area contributed by atoms with E-state index in [2.05, 4.69) is 31.4 Å². The van der Waals surface area contributed by atoms with Gasteiger partial charge in [-0.25, -0.2) is 0 Å². The summed E-state index contributed by atoms with van der Waals surface area (Å²) in [5.41, 5.74) is 0. The summed E-state index contributed by atoms with van der Waals surface area (Å²) in [5, 5.41) is 6.68. The molecule has 0 bridgehead atoms. The monoisotopic (exact) mass is 171 g/mol. The van der Waals surface area contributed by atoms with E-state index in [1.54, 1.807) is 0 Å². The molecule has 0 aromatic heterocycles. The van der Waals surface area contributed by atoms with Gasteiger partial charge >= 0.3 is 0 Å². The molecular weight excluding hydrogens is 148 g/mol. The van der Waals surface area contributed by atoms with Crippen LogP contribution >= 0.6 is 0 Å². The van der Waals surface area contributed by atoms with Crippen molar-refractivity contribution in [2.45, 2.75) is 39.2 Å². The highest BCUT2D eigenvalue weighted by molar-refractivity contribution is 4.61. The summed E-state index contributed by atoms with van der Waals surface area (Å²) in [4.78, 5) is 0. The Kier molecular flexibility index (Phi) is 8.95. The van der Waals surface area contributed by atoms with Gasteiger partial charge in [-0.1, -0.05) is 6.92 Å². The van der Waals surface area contributed by atoms with Crippen LogP contribution in [-0.2, 0) is 0 Å². The van der Waals surface area contributed by atoms with Crippen LogP contribution in [-0.4, -0.2) is 25.7 Å². The molecule has 0 rings (SSSR count). The summed E-state index contributed by atoms with van der Waals surface area (Å²) < 4.78 is 0. The van der Waals surface area contributed by atoms with Crippen LogP contribution in [0.4, 0.5) is 0 Å². The average molecular weight is 171 g/mol. The van der Waals surface area contributed by atoms with Crippen molar-refractivity contribution in [3.63, 3.8) is 0 Å². The minimum Gasteiger partial charge on any atom is -0.317 e. The Morgan fingerprint density at radius 3 is 2.42 bits per heavy atom. The molecule has 0 amide bonds. The quantitative estimate of drug-likeness (QED) is 0.542. The molecule has 2 heteroatoms. The van der Waals surface area contributed by atoms with Crippen molar-refractivity contribution in [3.8, 4) is 0 Å². The molecular formula is C10H23N2. The number of hydrogen-bond donors (Lipinski definition) is 2. The molecule has 0 aromatic carbocycles. The molecule has 12 heavy (non-hydrogen) atoms. The summed E-state index contributed by atoms with van der Waals surface area (Å²) in [6, 6.07) is 0.383. The van der Waals surface area contributed by atoms with E-state index < -0.39 is 0 Å². The zero-order chi connectivity index (χ0) is 9.23. The number of rotatable bonds is 8. The number of hydrogen-bond acceptors (Lipinski definition) is 2. The van der Waals surface area contributed by atoms with Gasteiger partial charge in [0.2, 0.25) is 0 Å². The van der Waals surface area contributed by atoms with Crippen LogP contribution < -0.4 is 10.6 Å². The predicted octanol–water partition coefficient (Wildman–Crippen LogP) is 1.58. The summed E-state index contributed by atoms with van der Waals surface area (Å²) in [7, 11) is 0. The molecule has 0 saturated carbocycles. The van der Waals surface area contributed by atoms with E-state index in [0.717, 1.165) is 19.6 Å². The van der Waals surface area contributed by atoms with Gasteiger partial charge in [-0.3, -0.25) is 0 Å². The van der Waals surface area contributed by atoms with Gasteiger partial charge in [0, 0.05) is 6.04 Å². The molecule has 0 aliphatic rings. The first-order valence-electron chi connectivity index (χ1n) is 5.04. The molecule has 1 unspecified atom stereocenters. The van der Waals surface area contributed by atoms with E-state index in [1.165, 1.54) is 19.3 Å². The molecule has 0 saturated heterocycles. The molecule has 0 aliphatic carbocycles. The van der Waals surface area contributed by atoms with Gasteiger partial charge in [0.1, 0.15) is 0 Å². The second kappa shape index (κ2) is 9.01. The van der Waals surface area contributed by atoms with Crippen LogP contribution in [0.3, 0.4) is 0 Å². The first-order valence-corrected chi connectivity index (χ1v) is 5.04. The molecule has 1 radical (unpaired) electrons. The topological polar surface area (TPSA) is 24.1 Å². The lowest BCUT2D eigenvalue weighted by molar-refractivity contribution is 0.560. The molecule has 0 spiro atoms. The lowest BCUT2D eigenvalue weighted by atomic mass is 10.3. The molecule has 0 aliphatic heterocycles. The van der Waals surface area contributed by atoms with Crippen LogP contribution in [0.5, 0.6) is 0 Å². The van der Waals surface area contributed by atoms with Gasteiger partial charge in [0.25, 0.3) is 0 Å². The average Bonchev–Trinajstić information content (AvgIpc) is 2.02. The minimum absolute atomic E-state index is 0.383. The fraction of sp³-hybridized carbons (Fsp3) is 0.900. The van der Waals surface area contributed by atoms with Crippen molar-refractivity contribution in [3.05, 3.63) is 6.92 Å². The van der Waals surface area contributed by atoms with E-state index in [4.69, 9.17) is 0 Å². The van der Waals surface area contributed by atoms with Crippen molar-refractivity contribution < 1.29 is 0 Å². The highest BCUT2D eigenvalue weighted by Gasteiger charge is 1.91. The molecule has 0 heterocycles. The molecule has 2 N–H and O–H groups in total. The van der Waals surface area contributed by atoms with Crippen molar-refractivity contribution in [1.29, 1.82) is 0 Å². The Hall–Kier alpha value is -0.0800. The standard InChI is InChI=1S/C10H23N2/c1-4-7-11-8-5-6-9-12-10(2)3/h10-12H,2,4-9H2,1,3H3. The second-order valence-corrected chi connectivity index (χ2v) is 3.31. The van der Waals surface area contributed by atoms with E-state index in [1.807, 2.05) is 0 Å². The Morgan fingerprint density at radius 1 is 1.17 bits per heavy atom. The molecule has 0 aromatic rings. The van der Waals surface area contributed by atoms with Gasteiger partial charge in [0.05, 0.1) is 0 Å². The molecule has 0 fully saturated rings. The van der Waals surface area contributed by atoms with Gasteiger partial charge in [-0.05, 0) is 52.7 Å². The first kappa shape index (κ1) is 11.9. The third-order valence-corrected chi connectivity index (χ3v) is 1.70. The summed E-state index contributed by atoms with van der Waals surface area (Å²) in [5.74, 6) is 0. The largest absolute Gasteiger partial charge is 0.317 e. The van der Waals surface area contributed by atoms with Crippen molar-refractivity contribution >= 4 is 0 Å². The molecule has 2 nitrogen and oxygen atoms in total. The smallest absolute Gasteiger partial charge is 0.00393 e. The lowest BCUT2D eigenvalue weighted by Gasteiger charge is -2.07. The maximum absolute atomic E-state index is 3.86. The van der Waals surface area contributed by atoms with Gasteiger partial charge in [-0.15, -0.1) is 0 Å². The van der Waals surface area contributed by atoms with Crippen LogP contribution in [0.15, 0.2) is 0 Å². The van der Waals surface area contributed by atoms with Gasteiger partial charge in [0.15, 0.2) is 0 Å². The lowest BCUT2D eigenvalue weighted by Crippen LogP contribution is -2.25. The van der Waals surface area contributed by atoms with Crippen LogP contribution in [0.1, 0.15) is 33.1 Å². The van der Waals surface area contributed by atoms with Gasteiger partial charge < -0.3 is 10.6 Å². The van der Waals surface area contributed by atoms with Gasteiger partial charge in [-0.2, -0.15) is 0 Å². The maximum atomic E-state index is 3.86. The second-order valence-electron chi connectivity index (χ2n) is 3.31. The fourth-order valence-corrected chi connectivity index (χ4v) is 1.03. The first-order chi connectivity index (χ1) is 5.77. The summed E-state index contributed by atoms with van der Waals surface area (Å²) >= 11 is 0. The number of nitrogens with one attached hydrogen (secondary N) is 2. The van der Waals surface area contributed by atoms with E-state index in [0.29, 0.717) is 6.04 Å². The van der Waals surface area contributed by atoms with E-state index >= 15 is 0 Å². The predicted molar refractivity (Wildman–Crippen MR) is 55.2 cm³/mol. The zero-order valence-electron chi connectivity index (χ0n) is 8.53. The molecule has 1 atom stereocenters. The highest BCUT2D eigenvalue weighted by atomic mass is 14.9. The van der Waals surface area contributed by atoms with Crippen LogP contribution in [0.2, 0.25) is 0 Å². The Balaban J connectivity index is 2.82. The van der Waals surface area contributed by atoms with Crippen molar-refractivity contribution in [1.82, 2.24) is 10.6 Å². The third kappa shape index (κ3) is 9.92. The highest BCUT2D eigenvalue weighted by Crippen LogP contribution is 1.86. The zero-order valence-corrected chi connectivity index (χ0v) is 8.53. The Morgan fingerprint density at radius 2 is 1.83 bits per heavy atom. The van der Waals surface area contributed by atoms with Crippen LogP contribution in [0, 0.1) is 6.92 Å². The SMILES string of the molecule is [CH2]C(C)NCCCCNCCC. The van der Waals surface area contributed by atoms with E-state index in [9.17, 15) is 0 Å². The minimum atomic E-state index is 0.383. The normalized spacial score (nSPS) is 11.0. The van der Waals surface area contributed by atoms with Crippen molar-refractivity contribution in [2.75, 3.05) is 19.6 Å². The molecule has 73 valence electrons. The van der Waals surface area contributed by atoms with Crippen LogP contribution in [0.25, 0.3) is 0 Å². The van der Waals surface area contributed by atoms with Crippen molar-refractivity contribution in [2.24, 2.45) is 0 Å². The maximum Gasteiger partial charge on any atom is 0.00393 e. The fourth-order valence-electron chi connectivity index (χ4n) is 1.03. The summed E-state index contributed by atoms with van der Waals surface area (Å²) in [6.45, 7) is 11.5.